The van der Waals surface area contributed by atoms with E-state index in [1.807, 2.05) is 6.07 Å². The third kappa shape index (κ3) is 4.61. The third-order valence-corrected chi connectivity index (χ3v) is 10.6. The summed E-state index contributed by atoms with van der Waals surface area (Å²) in [6.45, 7) is 0. The average Bonchev–Trinajstić information content (AvgIpc) is 3.77. The maximum Gasteiger partial charge on any atom is 0.137 e. The number of aromatic nitrogens is 1. The zero-order chi connectivity index (χ0) is 32.3. The van der Waals surface area contributed by atoms with Gasteiger partial charge in [-0.1, -0.05) is 115 Å². The van der Waals surface area contributed by atoms with Gasteiger partial charge in [0.15, 0.2) is 0 Å². The maximum absolute atomic E-state index is 6.59. The fraction of sp³-hybridized carbons (Fsp3) is 0. The van der Waals surface area contributed by atoms with Gasteiger partial charge < -0.3 is 9.32 Å². The molecule has 49 heavy (non-hydrogen) atoms. The Morgan fingerprint density at radius 1 is 0.490 bits per heavy atom. The molecular formula is C45H28N2OS. The molecule has 230 valence electrons. The largest absolute Gasteiger partial charge is 0.456 e. The van der Waals surface area contributed by atoms with Crippen LogP contribution in [0.15, 0.2) is 174 Å². The monoisotopic (exact) mass is 644 g/mol. The molecule has 0 atom stereocenters. The van der Waals surface area contributed by atoms with Crippen molar-refractivity contribution in [2.75, 3.05) is 4.90 Å². The van der Waals surface area contributed by atoms with Gasteiger partial charge in [-0.25, -0.2) is 4.98 Å². The van der Waals surface area contributed by atoms with Gasteiger partial charge in [0.25, 0.3) is 0 Å². The summed E-state index contributed by atoms with van der Waals surface area (Å²) in [5.74, 6) is 0. The minimum atomic E-state index is 0.854. The first kappa shape index (κ1) is 27.8. The summed E-state index contributed by atoms with van der Waals surface area (Å²) in [5, 5.41) is 8.11. The highest BCUT2D eigenvalue weighted by Gasteiger charge is 2.20. The molecule has 0 unspecified atom stereocenters. The number of furan rings is 1. The van der Waals surface area contributed by atoms with Crippen LogP contribution in [0.3, 0.4) is 0 Å². The quantitative estimate of drug-likeness (QED) is 0.187. The van der Waals surface area contributed by atoms with Gasteiger partial charge in [-0.05, 0) is 75.8 Å². The number of hydrogen-bond acceptors (Lipinski definition) is 4. The number of nitrogens with zero attached hydrogens (tertiary/aromatic N) is 2. The highest BCUT2D eigenvalue weighted by molar-refractivity contribution is 7.22. The molecule has 2 aromatic heterocycles. The van der Waals surface area contributed by atoms with Gasteiger partial charge in [0.2, 0.25) is 0 Å². The van der Waals surface area contributed by atoms with E-state index in [1.165, 1.54) is 32.7 Å². The molecule has 0 saturated heterocycles. The molecular weight excluding hydrogens is 617 g/mol. The Morgan fingerprint density at radius 3 is 2.10 bits per heavy atom. The minimum absolute atomic E-state index is 0.854. The first-order valence-electron chi connectivity index (χ1n) is 16.5. The molecule has 0 aliphatic heterocycles. The highest BCUT2D eigenvalue weighted by atomic mass is 32.1. The molecule has 10 rings (SSSR count). The van der Waals surface area contributed by atoms with E-state index in [9.17, 15) is 0 Å². The molecule has 4 heteroatoms. The van der Waals surface area contributed by atoms with Crippen LogP contribution in [0.5, 0.6) is 0 Å². The van der Waals surface area contributed by atoms with E-state index in [1.54, 1.807) is 11.3 Å². The van der Waals surface area contributed by atoms with Crippen LogP contribution < -0.4 is 4.90 Å². The normalized spacial score (nSPS) is 11.7. The predicted octanol–water partition coefficient (Wildman–Crippen LogP) is 13.3. The molecule has 0 spiro atoms. The van der Waals surface area contributed by atoms with Crippen molar-refractivity contribution in [3.63, 3.8) is 0 Å². The van der Waals surface area contributed by atoms with Crippen LogP contribution in [0, 0.1) is 0 Å². The van der Waals surface area contributed by atoms with Crippen molar-refractivity contribution < 1.29 is 4.42 Å². The predicted molar refractivity (Wildman–Crippen MR) is 207 cm³/mol. The van der Waals surface area contributed by atoms with Gasteiger partial charge in [0, 0.05) is 39.2 Å². The summed E-state index contributed by atoms with van der Waals surface area (Å²) in [6, 6.07) is 60.3. The van der Waals surface area contributed by atoms with Crippen LogP contribution in [0.25, 0.3) is 75.4 Å². The van der Waals surface area contributed by atoms with E-state index >= 15 is 0 Å². The molecule has 0 N–H and O–H groups in total. The lowest BCUT2D eigenvalue weighted by Crippen LogP contribution is -2.10. The number of para-hydroxylation sites is 1. The molecule has 2 heterocycles. The fourth-order valence-electron chi connectivity index (χ4n) is 7.17. The molecule has 0 radical (unpaired) electrons. The molecule has 0 aliphatic carbocycles. The van der Waals surface area contributed by atoms with Crippen molar-refractivity contribution in [3.05, 3.63) is 170 Å². The van der Waals surface area contributed by atoms with Crippen LogP contribution in [-0.4, -0.2) is 4.98 Å². The van der Waals surface area contributed by atoms with Crippen molar-refractivity contribution in [2.24, 2.45) is 0 Å². The number of rotatable bonds is 5. The number of benzene rings is 8. The third-order valence-electron chi connectivity index (χ3n) is 9.47. The number of hydrogen-bond donors (Lipinski definition) is 0. The lowest BCUT2D eigenvalue weighted by Gasteiger charge is -2.27. The van der Waals surface area contributed by atoms with E-state index < -0.39 is 0 Å². The Kier molecular flexibility index (Phi) is 6.36. The van der Waals surface area contributed by atoms with Gasteiger partial charge in [-0.3, -0.25) is 0 Å². The van der Waals surface area contributed by atoms with Crippen molar-refractivity contribution in [2.45, 2.75) is 0 Å². The number of fused-ring (bicyclic) bond motifs is 7. The van der Waals surface area contributed by atoms with E-state index in [-0.39, 0.29) is 0 Å². The first-order chi connectivity index (χ1) is 24.3. The van der Waals surface area contributed by atoms with Crippen molar-refractivity contribution in [1.29, 1.82) is 0 Å². The summed E-state index contributed by atoms with van der Waals surface area (Å²) in [7, 11) is 0. The lowest BCUT2D eigenvalue weighted by atomic mass is 9.94. The van der Waals surface area contributed by atoms with Gasteiger partial charge in [0.1, 0.15) is 16.2 Å². The van der Waals surface area contributed by atoms with Crippen molar-refractivity contribution in [3.8, 4) is 21.7 Å². The second-order valence-corrected chi connectivity index (χ2v) is 13.4. The summed E-state index contributed by atoms with van der Waals surface area (Å²) in [6.07, 6.45) is 0. The molecule has 0 bridgehead atoms. The smallest absolute Gasteiger partial charge is 0.137 e. The molecule has 3 nitrogen and oxygen atoms in total. The summed E-state index contributed by atoms with van der Waals surface area (Å²) in [5.41, 5.74) is 9.50. The molecule has 0 fully saturated rings. The summed E-state index contributed by atoms with van der Waals surface area (Å²) < 4.78 is 7.74. The number of anilines is 3. The van der Waals surface area contributed by atoms with Gasteiger partial charge in [-0.15, -0.1) is 11.3 Å². The van der Waals surface area contributed by atoms with Gasteiger partial charge >= 0.3 is 0 Å². The standard InChI is InChI=1S/C45H28N2OS/c1-3-12-30(13-4-1)45-46-39-24-26-41-43(44(39)49-45)38-22-21-34(28-42(38)48-41)47(33-15-5-2-6-16-33)40-25-23-35(36-17-9-10-18-37(36)40)32-20-19-29-11-7-8-14-31(29)27-32/h1-28H. The molecule has 10 aromatic rings. The molecule has 8 aromatic carbocycles. The zero-order valence-electron chi connectivity index (χ0n) is 26.4. The van der Waals surface area contributed by atoms with Gasteiger partial charge in [-0.2, -0.15) is 0 Å². The molecule has 0 aliphatic rings. The van der Waals surface area contributed by atoms with E-state index in [2.05, 4.69) is 169 Å². The second kappa shape index (κ2) is 11.2. The number of thiazole rings is 1. The minimum Gasteiger partial charge on any atom is -0.456 e. The van der Waals surface area contributed by atoms with Gasteiger partial charge in [0.05, 0.1) is 15.9 Å². The van der Waals surface area contributed by atoms with Crippen LogP contribution >= 0.6 is 11.3 Å². The highest BCUT2D eigenvalue weighted by Crippen LogP contribution is 2.45. The fourth-order valence-corrected chi connectivity index (χ4v) is 8.29. The zero-order valence-corrected chi connectivity index (χ0v) is 27.2. The van der Waals surface area contributed by atoms with Crippen molar-refractivity contribution >= 4 is 82.1 Å². The average molecular weight is 645 g/mol. The Hall–Kier alpha value is -6.23. The summed E-state index contributed by atoms with van der Waals surface area (Å²) >= 11 is 1.72. The lowest BCUT2D eigenvalue weighted by molar-refractivity contribution is 0.669. The summed E-state index contributed by atoms with van der Waals surface area (Å²) in [4.78, 5) is 7.33. The SMILES string of the molecule is c1ccc(-c2nc3ccc4oc5cc(N(c6ccccc6)c6ccc(-c7ccc8ccccc8c7)c7ccccc67)ccc5c4c3s2)cc1. The van der Waals surface area contributed by atoms with Crippen LogP contribution in [0.2, 0.25) is 0 Å². The van der Waals surface area contributed by atoms with Crippen LogP contribution in [0.4, 0.5) is 17.1 Å². The van der Waals surface area contributed by atoms with Crippen LogP contribution in [0.1, 0.15) is 0 Å². The molecule has 0 saturated carbocycles. The first-order valence-corrected chi connectivity index (χ1v) is 17.3. The van der Waals surface area contributed by atoms with Crippen LogP contribution in [-0.2, 0) is 0 Å². The Balaban J connectivity index is 1.15. The Morgan fingerprint density at radius 2 is 1.24 bits per heavy atom. The van der Waals surface area contributed by atoms with E-state index in [0.717, 1.165) is 59.8 Å². The van der Waals surface area contributed by atoms with E-state index in [4.69, 9.17) is 9.40 Å². The molecule has 0 amide bonds. The Labute approximate surface area is 286 Å². The van der Waals surface area contributed by atoms with Crippen molar-refractivity contribution in [1.82, 2.24) is 4.98 Å². The topological polar surface area (TPSA) is 29.3 Å². The van der Waals surface area contributed by atoms with E-state index in [0.29, 0.717) is 0 Å². The maximum atomic E-state index is 6.59. The second-order valence-electron chi connectivity index (χ2n) is 12.4. The Bertz CT molecular complexity index is 2840.